The van der Waals surface area contributed by atoms with Crippen molar-refractivity contribution in [2.75, 3.05) is 30.7 Å². The van der Waals surface area contributed by atoms with Gasteiger partial charge in [0.2, 0.25) is 16.0 Å². The Labute approximate surface area is 278 Å². The van der Waals surface area contributed by atoms with E-state index in [-0.39, 0.29) is 41.4 Å². The predicted octanol–water partition coefficient (Wildman–Crippen LogP) is 2.41. The number of carbonyl (C=O) groups excluding carboxylic acids is 1. The van der Waals surface area contributed by atoms with Gasteiger partial charge in [0.15, 0.2) is 17.0 Å². The quantitative estimate of drug-likeness (QED) is 0.114. The van der Waals surface area contributed by atoms with Crippen LogP contribution in [0.15, 0.2) is 36.7 Å². The van der Waals surface area contributed by atoms with Crippen LogP contribution < -0.4 is 25.2 Å². The molecule has 3 aromatic rings. The molecule has 3 fully saturated rings. The van der Waals surface area contributed by atoms with Gasteiger partial charge in [0.05, 0.1) is 25.3 Å². The smallest absolute Gasteiger partial charge is 0.459 e. The van der Waals surface area contributed by atoms with Gasteiger partial charge in [-0.15, -0.1) is 4.83 Å². The molecule has 6 rings (SSSR count). The summed E-state index contributed by atoms with van der Waals surface area (Å²) >= 11 is 0. The molecule has 5 N–H and O–H groups in total. The summed E-state index contributed by atoms with van der Waals surface area (Å²) in [7, 11) is -6.42. The maximum atomic E-state index is 14.3. The minimum Gasteiger partial charge on any atom is -0.461 e. The molecule has 1 aromatic carbocycles. The number of esters is 1. The van der Waals surface area contributed by atoms with Gasteiger partial charge in [0, 0.05) is 13.0 Å². The number of sulfonamides is 1. The van der Waals surface area contributed by atoms with Crippen molar-refractivity contribution in [3.63, 3.8) is 0 Å². The number of aliphatic hydroxyl groups is 1. The molecule has 3 heterocycles. The Balaban J connectivity index is 1.20. The van der Waals surface area contributed by atoms with Crippen molar-refractivity contribution in [1.82, 2.24) is 29.4 Å². The summed E-state index contributed by atoms with van der Waals surface area (Å²) in [6.45, 7) is 1.39. The van der Waals surface area contributed by atoms with Crippen molar-refractivity contribution in [3.05, 3.63) is 36.7 Å². The minimum atomic E-state index is -4.23. The zero-order valence-corrected chi connectivity index (χ0v) is 28.6. The molecule has 0 spiro atoms. The van der Waals surface area contributed by atoms with E-state index >= 15 is 0 Å². The highest BCUT2D eigenvalue weighted by atomic mass is 32.2. The molecule has 1 aliphatic heterocycles. The first-order valence-electron chi connectivity index (χ1n) is 15.8. The normalized spacial score (nSPS) is 25.4. The number of nitrogens with two attached hydrogens (primary N) is 1. The minimum absolute atomic E-state index is 0.105. The van der Waals surface area contributed by atoms with Crippen LogP contribution in [0.5, 0.6) is 5.75 Å². The Kier molecular flexibility index (Phi) is 9.70. The second-order valence-corrected chi connectivity index (χ2v) is 16.0. The zero-order chi connectivity index (χ0) is 34.3. The van der Waals surface area contributed by atoms with Gasteiger partial charge >= 0.3 is 13.7 Å². The second-order valence-electron chi connectivity index (χ2n) is 12.6. The molecule has 19 heteroatoms. The van der Waals surface area contributed by atoms with E-state index in [0.717, 1.165) is 43.4 Å². The summed E-state index contributed by atoms with van der Waals surface area (Å²) in [4.78, 5) is 28.4. The monoisotopic (exact) mass is 708 g/mol. The summed E-state index contributed by atoms with van der Waals surface area (Å²) in [5.74, 6) is -0.796. The number of aliphatic hydroxyl groups excluding tert-OH is 1. The van der Waals surface area contributed by atoms with Gasteiger partial charge in [-0.25, -0.2) is 18.0 Å². The van der Waals surface area contributed by atoms with E-state index in [1.165, 1.54) is 13.4 Å². The van der Waals surface area contributed by atoms with Crippen LogP contribution in [0, 0.1) is 5.92 Å². The number of carbonyl (C=O) groups is 1. The van der Waals surface area contributed by atoms with Crippen molar-refractivity contribution >= 4 is 46.7 Å². The van der Waals surface area contributed by atoms with Crippen LogP contribution >= 0.6 is 7.75 Å². The summed E-state index contributed by atoms with van der Waals surface area (Å²) in [6.07, 6.45) is 4.86. The van der Waals surface area contributed by atoms with Crippen molar-refractivity contribution in [2.24, 2.45) is 5.92 Å². The number of nitrogens with zero attached hydrogens (tertiary/aromatic N) is 5. The molecule has 3 aliphatic rings. The lowest BCUT2D eigenvalue weighted by Crippen LogP contribution is -2.42. The van der Waals surface area contributed by atoms with Crippen molar-refractivity contribution < 1.29 is 41.4 Å². The average molecular weight is 709 g/mol. The lowest BCUT2D eigenvalue weighted by Gasteiger charge is -2.28. The number of benzene rings is 1. The highest BCUT2D eigenvalue weighted by Crippen LogP contribution is 2.53. The molecule has 0 amide bonds. The lowest BCUT2D eigenvalue weighted by molar-refractivity contribution is -0.154. The molecule has 0 bridgehead atoms. The molecular weight excluding hydrogens is 667 g/mol. The number of hydrazine groups is 1. The second kappa shape index (κ2) is 13.5. The first kappa shape index (κ1) is 34.5. The van der Waals surface area contributed by atoms with Crippen LogP contribution in [0.4, 0.5) is 11.8 Å². The molecule has 48 heavy (non-hydrogen) atoms. The molecule has 2 aliphatic carbocycles. The van der Waals surface area contributed by atoms with Crippen LogP contribution in [0.25, 0.3) is 11.2 Å². The molecule has 1 saturated heterocycles. The first-order valence-corrected chi connectivity index (χ1v) is 19.2. The van der Waals surface area contributed by atoms with Crippen LogP contribution in [-0.4, -0.2) is 82.8 Å². The fourth-order valence-electron chi connectivity index (χ4n) is 6.05. The highest BCUT2D eigenvalue weighted by Gasteiger charge is 2.57. The van der Waals surface area contributed by atoms with Gasteiger partial charge in [0.25, 0.3) is 0 Å². The van der Waals surface area contributed by atoms with Crippen LogP contribution in [0.3, 0.4) is 0 Å². The van der Waals surface area contributed by atoms with Crippen molar-refractivity contribution in [2.45, 2.75) is 81.9 Å². The van der Waals surface area contributed by atoms with Gasteiger partial charge in [-0.1, -0.05) is 31.5 Å². The van der Waals surface area contributed by atoms with Crippen LogP contribution in [0.1, 0.15) is 58.1 Å². The molecular formula is C29H41N8O9PS. The fourth-order valence-corrected chi connectivity index (χ4v) is 8.37. The molecule has 5 atom stereocenters. The lowest BCUT2D eigenvalue weighted by atomic mass is 9.98. The summed E-state index contributed by atoms with van der Waals surface area (Å²) in [6, 6.07) is 8.44. The maximum absolute atomic E-state index is 14.3. The first-order chi connectivity index (χ1) is 22.8. The number of para-hydroxylation sites is 1. The third kappa shape index (κ3) is 7.59. The Morgan fingerprint density at radius 3 is 2.58 bits per heavy atom. The van der Waals surface area contributed by atoms with Gasteiger partial charge in [-0.2, -0.15) is 15.1 Å². The topological polar surface area (TPSA) is 222 Å². The van der Waals surface area contributed by atoms with Crippen LogP contribution in [-0.2, 0) is 33.4 Å². The standard InChI is InChI=1S/C29H41N8O9PS/c1-18-23(38)21(45-26(18)37-17-31-22-24(32-28(30)33-25(22)37)36(2)35-48(3,41)42)16-43-47(40,46-20-12-8-5-9-13-20)34-29(14-15-29)27(39)44-19-10-6-4-7-11-19/h5,8-9,12-13,17-19,21,23,26,35,38H,4,6-7,10-11,14-16H2,1-3H3,(H,34,40)(H2,30,32,33)/t18-,21?,23-,26?,47?/m0/s1. The number of nitrogen functional groups attached to an aromatic ring is 1. The Bertz CT molecular complexity index is 1790. The largest absolute Gasteiger partial charge is 0.461 e. The number of nitrogens with one attached hydrogen (secondary N) is 2. The summed E-state index contributed by atoms with van der Waals surface area (Å²) < 4.78 is 63.3. The number of rotatable bonds is 13. The number of hydrogen-bond donors (Lipinski definition) is 4. The van der Waals surface area contributed by atoms with E-state index in [1.807, 2.05) is 0 Å². The number of hydrogen-bond acceptors (Lipinski definition) is 14. The van der Waals surface area contributed by atoms with Crippen molar-refractivity contribution in [3.8, 4) is 5.75 Å². The van der Waals surface area contributed by atoms with E-state index in [2.05, 4.69) is 24.9 Å². The van der Waals surface area contributed by atoms with Crippen LogP contribution in [0.2, 0.25) is 0 Å². The van der Waals surface area contributed by atoms with E-state index in [9.17, 15) is 22.9 Å². The van der Waals surface area contributed by atoms with Gasteiger partial charge in [0.1, 0.15) is 29.7 Å². The number of imidazole rings is 1. The van der Waals surface area contributed by atoms with E-state index < -0.39 is 53.6 Å². The molecule has 3 unspecified atom stereocenters. The van der Waals surface area contributed by atoms with E-state index in [4.69, 9.17) is 24.3 Å². The summed E-state index contributed by atoms with van der Waals surface area (Å²) in [5.41, 5.74) is 5.22. The molecule has 0 radical (unpaired) electrons. The predicted molar refractivity (Wildman–Crippen MR) is 174 cm³/mol. The maximum Gasteiger partial charge on any atom is 0.459 e. The highest BCUT2D eigenvalue weighted by molar-refractivity contribution is 7.88. The molecule has 17 nitrogen and oxygen atoms in total. The number of ether oxygens (including phenoxy) is 2. The van der Waals surface area contributed by atoms with Crippen molar-refractivity contribution in [1.29, 1.82) is 0 Å². The van der Waals surface area contributed by atoms with Gasteiger partial charge in [-0.05, 0) is 50.7 Å². The fraction of sp³-hybridized carbons (Fsp3) is 0.586. The Morgan fingerprint density at radius 2 is 1.92 bits per heavy atom. The SMILES string of the molecule is C[C@@H]1C(n2cnc3c(N(C)NS(C)(=O)=O)nc(N)nc32)OC(COP(=O)(NC2(C(=O)OC3CCCCC3)CC2)Oc2ccccc2)[C@H]1O. The molecule has 2 aromatic heterocycles. The Morgan fingerprint density at radius 1 is 1.21 bits per heavy atom. The Hall–Kier alpha value is -3.38. The van der Waals surface area contributed by atoms with Gasteiger partial charge < -0.3 is 24.8 Å². The number of fused-ring (bicyclic) bond motifs is 1. The zero-order valence-electron chi connectivity index (χ0n) is 26.9. The van der Waals surface area contributed by atoms with Gasteiger partial charge in [-0.3, -0.25) is 18.9 Å². The van der Waals surface area contributed by atoms with E-state index in [0.29, 0.717) is 12.8 Å². The van der Waals surface area contributed by atoms with E-state index in [1.54, 1.807) is 41.8 Å². The third-order valence-corrected chi connectivity index (χ3v) is 10.9. The summed E-state index contributed by atoms with van der Waals surface area (Å²) in [5, 5.41) is 15.2. The molecule has 262 valence electrons. The number of anilines is 2. The third-order valence-electron chi connectivity index (χ3n) is 8.69. The molecule has 2 saturated carbocycles. The average Bonchev–Trinajstić information content (AvgIpc) is 3.61. The number of aromatic nitrogens is 4.